The van der Waals surface area contributed by atoms with Crippen LogP contribution in [0, 0.1) is 6.92 Å². The Labute approximate surface area is 125 Å². The fourth-order valence-electron chi connectivity index (χ4n) is 1.56. The van der Waals surface area contributed by atoms with Crippen molar-refractivity contribution in [3.63, 3.8) is 0 Å². The monoisotopic (exact) mass is 338 g/mol. The lowest BCUT2D eigenvalue weighted by atomic mass is 10.2. The number of carbonyl (C=O) groups is 1. The summed E-state index contributed by atoms with van der Waals surface area (Å²) in [6.07, 6.45) is 1.58. The van der Waals surface area contributed by atoms with Gasteiger partial charge in [0.1, 0.15) is 12.1 Å². The van der Waals surface area contributed by atoms with Crippen LogP contribution in [-0.4, -0.2) is 27.3 Å². The summed E-state index contributed by atoms with van der Waals surface area (Å²) in [5.74, 6) is 1.12. The van der Waals surface area contributed by atoms with Crippen LogP contribution >= 0.6 is 15.9 Å². The molecule has 0 fully saturated rings. The number of halogens is 1. The molecule has 2 aromatic rings. The molecule has 1 N–H and O–H groups in total. The van der Waals surface area contributed by atoms with Crippen molar-refractivity contribution in [2.45, 2.75) is 13.5 Å². The maximum absolute atomic E-state index is 11.7. The van der Waals surface area contributed by atoms with Crippen molar-refractivity contribution in [1.29, 1.82) is 0 Å². The zero-order chi connectivity index (χ0) is 14.5. The molecule has 0 radical (unpaired) electrons. The largest absolute Gasteiger partial charge is 0.483 e. The molecule has 2 rings (SSSR count). The molecule has 20 heavy (non-hydrogen) atoms. The van der Waals surface area contributed by atoms with E-state index in [1.54, 1.807) is 10.9 Å². The molecule has 1 aromatic carbocycles. The van der Waals surface area contributed by atoms with E-state index >= 15 is 0 Å². The van der Waals surface area contributed by atoms with Crippen LogP contribution in [-0.2, 0) is 18.4 Å². The van der Waals surface area contributed by atoms with Gasteiger partial charge in [-0.3, -0.25) is 4.79 Å². The Kier molecular flexibility index (Phi) is 4.73. The lowest BCUT2D eigenvalue weighted by molar-refractivity contribution is -0.123. The fraction of sp³-hybridized carbons (Fsp3) is 0.308. The van der Waals surface area contributed by atoms with Crippen molar-refractivity contribution in [2.24, 2.45) is 7.05 Å². The number of hydrogen-bond donors (Lipinski definition) is 1. The molecule has 106 valence electrons. The van der Waals surface area contributed by atoms with Crippen molar-refractivity contribution < 1.29 is 9.53 Å². The molecule has 0 aliphatic heterocycles. The molecule has 1 aromatic heterocycles. The number of carbonyl (C=O) groups excluding carboxylic acids is 1. The zero-order valence-corrected chi connectivity index (χ0v) is 12.8. The number of amides is 1. The summed E-state index contributed by atoms with van der Waals surface area (Å²) in [6.45, 7) is 2.27. The van der Waals surface area contributed by atoms with E-state index in [2.05, 4.69) is 31.4 Å². The Balaban J connectivity index is 1.82. The first-order chi connectivity index (χ1) is 9.56. The molecule has 0 saturated carbocycles. The average molecular weight is 339 g/mol. The quantitative estimate of drug-likeness (QED) is 0.898. The first kappa shape index (κ1) is 14.5. The molecule has 0 unspecified atom stereocenters. The number of ether oxygens (including phenoxy) is 1. The minimum atomic E-state index is -0.208. The van der Waals surface area contributed by atoms with E-state index in [1.165, 1.54) is 0 Å². The highest BCUT2D eigenvalue weighted by Crippen LogP contribution is 2.25. The van der Waals surface area contributed by atoms with Gasteiger partial charge < -0.3 is 14.6 Å². The highest BCUT2D eigenvalue weighted by Gasteiger charge is 2.07. The van der Waals surface area contributed by atoms with Crippen molar-refractivity contribution in [2.75, 3.05) is 6.61 Å². The second kappa shape index (κ2) is 6.51. The van der Waals surface area contributed by atoms with Crippen LogP contribution in [0.3, 0.4) is 0 Å². The first-order valence-corrected chi connectivity index (χ1v) is 6.84. The Bertz CT molecular complexity index is 612. The van der Waals surface area contributed by atoms with Crippen LogP contribution in [0.5, 0.6) is 5.75 Å². The average Bonchev–Trinajstić information content (AvgIpc) is 2.81. The topological polar surface area (TPSA) is 69.0 Å². The van der Waals surface area contributed by atoms with E-state index in [1.807, 2.05) is 32.2 Å². The van der Waals surface area contributed by atoms with Crippen LogP contribution in [0.4, 0.5) is 0 Å². The van der Waals surface area contributed by atoms with Gasteiger partial charge in [-0.15, -0.1) is 10.2 Å². The lowest BCUT2D eigenvalue weighted by Crippen LogP contribution is -2.29. The van der Waals surface area contributed by atoms with E-state index in [-0.39, 0.29) is 12.5 Å². The molecule has 0 aliphatic carbocycles. The summed E-state index contributed by atoms with van der Waals surface area (Å²) in [6, 6.07) is 5.69. The predicted molar refractivity (Wildman–Crippen MR) is 77.2 cm³/mol. The standard InChI is InChI=1S/C13H15BrN4O2/c1-9-3-4-11(10(14)5-9)20-7-13(19)15-6-12-17-16-8-18(12)2/h3-5,8H,6-7H2,1-2H3,(H,15,19). The van der Waals surface area contributed by atoms with Gasteiger partial charge in [0.25, 0.3) is 5.91 Å². The summed E-state index contributed by atoms with van der Waals surface area (Å²) in [4.78, 5) is 11.7. The van der Waals surface area contributed by atoms with Gasteiger partial charge in [0.05, 0.1) is 11.0 Å². The van der Waals surface area contributed by atoms with Crippen LogP contribution in [0.2, 0.25) is 0 Å². The Morgan fingerprint density at radius 1 is 1.50 bits per heavy atom. The van der Waals surface area contributed by atoms with E-state index in [4.69, 9.17) is 4.74 Å². The minimum absolute atomic E-state index is 0.0422. The molecule has 1 heterocycles. The van der Waals surface area contributed by atoms with Crippen LogP contribution in [0.15, 0.2) is 29.0 Å². The van der Waals surface area contributed by atoms with Gasteiger partial charge in [0.2, 0.25) is 0 Å². The summed E-state index contributed by atoms with van der Waals surface area (Å²) >= 11 is 3.40. The van der Waals surface area contributed by atoms with E-state index in [0.29, 0.717) is 18.1 Å². The van der Waals surface area contributed by atoms with Gasteiger partial charge in [0, 0.05) is 7.05 Å². The highest BCUT2D eigenvalue weighted by atomic mass is 79.9. The fourth-order valence-corrected chi connectivity index (χ4v) is 2.17. The number of nitrogens with zero attached hydrogens (tertiary/aromatic N) is 3. The molecule has 0 aliphatic rings. The number of hydrogen-bond acceptors (Lipinski definition) is 4. The van der Waals surface area contributed by atoms with Gasteiger partial charge >= 0.3 is 0 Å². The van der Waals surface area contributed by atoms with Crippen molar-refractivity contribution in [1.82, 2.24) is 20.1 Å². The SMILES string of the molecule is Cc1ccc(OCC(=O)NCc2nncn2C)c(Br)c1. The number of rotatable bonds is 5. The molecule has 6 nitrogen and oxygen atoms in total. The van der Waals surface area contributed by atoms with Gasteiger partial charge in [-0.05, 0) is 40.5 Å². The number of benzene rings is 1. The molecular weight excluding hydrogens is 324 g/mol. The second-order valence-corrected chi connectivity index (χ2v) is 5.21. The molecule has 0 bridgehead atoms. The van der Waals surface area contributed by atoms with Crippen molar-refractivity contribution in [3.05, 3.63) is 40.4 Å². The predicted octanol–water partition coefficient (Wildman–Crippen LogP) is 1.58. The van der Waals surface area contributed by atoms with E-state index in [9.17, 15) is 4.79 Å². The van der Waals surface area contributed by atoms with Crippen molar-refractivity contribution >= 4 is 21.8 Å². The molecule has 7 heteroatoms. The Morgan fingerprint density at radius 3 is 2.95 bits per heavy atom. The number of nitrogens with one attached hydrogen (secondary N) is 1. The molecule has 0 saturated heterocycles. The smallest absolute Gasteiger partial charge is 0.258 e. The zero-order valence-electron chi connectivity index (χ0n) is 11.3. The van der Waals surface area contributed by atoms with Crippen LogP contribution in [0.1, 0.15) is 11.4 Å². The third kappa shape index (κ3) is 3.80. The third-order valence-corrected chi connectivity index (χ3v) is 3.31. The molecule has 0 atom stereocenters. The Hall–Kier alpha value is -1.89. The summed E-state index contributed by atoms with van der Waals surface area (Å²) in [7, 11) is 1.82. The van der Waals surface area contributed by atoms with Gasteiger partial charge in [-0.2, -0.15) is 0 Å². The highest BCUT2D eigenvalue weighted by molar-refractivity contribution is 9.10. The van der Waals surface area contributed by atoms with E-state index in [0.717, 1.165) is 10.0 Å². The summed E-state index contributed by atoms with van der Waals surface area (Å²) < 4.78 is 8.03. The Morgan fingerprint density at radius 2 is 2.30 bits per heavy atom. The second-order valence-electron chi connectivity index (χ2n) is 4.36. The van der Waals surface area contributed by atoms with Crippen LogP contribution in [0.25, 0.3) is 0 Å². The number of aromatic nitrogens is 3. The van der Waals surface area contributed by atoms with E-state index < -0.39 is 0 Å². The maximum Gasteiger partial charge on any atom is 0.258 e. The summed E-state index contributed by atoms with van der Waals surface area (Å²) in [5, 5.41) is 10.3. The minimum Gasteiger partial charge on any atom is -0.483 e. The normalized spacial score (nSPS) is 10.3. The van der Waals surface area contributed by atoms with Crippen molar-refractivity contribution in [3.8, 4) is 5.75 Å². The lowest BCUT2D eigenvalue weighted by Gasteiger charge is -2.09. The van der Waals surface area contributed by atoms with Gasteiger partial charge in [0.15, 0.2) is 12.4 Å². The molecule has 1 amide bonds. The van der Waals surface area contributed by atoms with Gasteiger partial charge in [-0.25, -0.2) is 0 Å². The van der Waals surface area contributed by atoms with Crippen LogP contribution < -0.4 is 10.1 Å². The summed E-state index contributed by atoms with van der Waals surface area (Å²) in [5.41, 5.74) is 1.12. The third-order valence-electron chi connectivity index (χ3n) is 2.69. The first-order valence-electron chi connectivity index (χ1n) is 6.05. The molecule has 0 spiro atoms. The number of aryl methyl sites for hydroxylation is 2. The van der Waals surface area contributed by atoms with Gasteiger partial charge in [-0.1, -0.05) is 6.07 Å². The molecular formula is C13H15BrN4O2. The maximum atomic E-state index is 11.7.